The van der Waals surface area contributed by atoms with Gasteiger partial charge in [-0.1, -0.05) is 6.92 Å². The number of amides is 1. The van der Waals surface area contributed by atoms with Crippen LogP contribution in [0.2, 0.25) is 0 Å². The Kier molecular flexibility index (Phi) is 5.22. The molecule has 110 valence electrons. The van der Waals surface area contributed by atoms with Crippen LogP contribution in [0, 0.1) is 11.3 Å². The number of methoxy groups -OCH3 is 1. The summed E-state index contributed by atoms with van der Waals surface area (Å²) in [6, 6.07) is 0. The lowest BCUT2D eigenvalue weighted by atomic mass is 9.74. The third-order valence-electron chi connectivity index (χ3n) is 4.55. The first-order valence-corrected chi connectivity index (χ1v) is 7.63. The van der Waals surface area contributed by atoms with Gasteiger partial charge in [-0.2, -0.15) is 0 Å². The Bertz CT molecular complexity index is 295. The van der Waals surface area contributed by atoms with Gasteiger partial charge in [-0.3, -0.25) is 4.79 Å². The van der Waals surface area contributed by atoms with Crippen molar-refractivity contribution in [3.63, 3.8) is 0 Å². The van der Waals surface area contributed by atoms with Crippen molar-refractivity contribution in [1.29, 1.82) is 0 Å². The zero-order chi connectivity index (χ0) is 13.7. The summed E-state index contributed by atoms with van der Waals surface area (Å²) in [5.41, 5.74) is 0.358. The molecule has 2 heterocycles. The zero-order valence-corrected chi connectivity index (χ0v) is 12.4. The number of hydrogen-bond acceptors (Lipinski definition) is 3. The van der Waals surface area contributed by atoms with Crippen LogP contribution in [-0.4, -0.2) is 50.7 Å². The van der Waals surface area contributed by atoms with Crippen LogP contribution in [0.3, 0.4) is 0 Å². The van der Waals surface area contributed by atoms with E-state index in [1.165, 1.54) is 19.3 Å². The van der Waals surface area contributed by atoms with Crippen molar-refractivity contribution in [2.24, 2.45) is 11.3 Å². The zero-order valence-electron chi connectivity index (χ0n) is 12.4. The lowest BCUT2D eigenvalue weighted by Crippen LogP contribution is -2.52. The molecule has 0 aromatic heterocycles. The van der Waals surface area contributed by atoms with Gasteiger partial charge in [0, 0.05) is 45.2 Å². The number of carbonyl (C=O) groups excluding carboxylic acids is 1. The average Bonchev–Trinajstić information content (AvgIpc) is 2.40. The summed E-state index contributed by atoms with van der Waals surface area (Å²) < 4.78 is 5.12. The van der Waals surface area contributed by atoms with Crippen molar-refractivity contribution in [3.8, 4) is 0 Å². The Morgan fingerprint density at radius 2 is 2.21 bits per heavy atom. The molecular weight excluding hydrogens is 240 g/mol. The summed E-state index contributed by atoms with van der Waals surface area (Å²) in [6.07, 6.45) is 5.58. The number of rotatable bonds is 4. The van der Waals surface area contributed by atoms with Crippen LogP contribution in [0.5, 0.6) is 0 Å². The second-order valence-electron chi connectivity index (χ2n) is 6.46. The van der Waals surface area contributed by atoms with E-state index in [0.717, 1.165) is 32.6 Å². The highest BCUT2D eigenvalue weighted by atomic mass is 16.5. The lowest BCUT2D eigenvalue weighted by Gasteiger charge is -2.45. The molecule has 2 aliphatic rings. The maximum atomic E-state index is 12.4. The molecule has 2 fully saturated rings. The molecule has 2 aliphatic heterocycles. The van der Waals surface area contributed by atoms with Gasteiger partial charge in [-0.25, -0.2) is 0 Å². The van der Waals surface area contributed by atoms with E-state index in [9.17, 15) is 4.79 Å². The minimum Gasteiger partial charge on any atom is -0.384 e. The van der Waals surface area contributed by atoms with E-state index in [4.69, 9.17) is 4.74 Å². The summed E-state index contributed by atoms with van der Waals surface area (Å²) in [6.45, 7) is 6.89. The Hall–Kier alpha value is -0.610. The molecule has 0 bridgehead atoms. The molecule has 0 radical (unpaired) electrons. The van der Waals surface area contributed by atoms with Crippen molar-refractivity contribution in [3.05, 3.63) is 0 Å². The van der Waals surface area contributed by atoms with E-state index in [0.29, 0.717) is 30.3 Å². The standard InChI is InChI=1S/C15H28N2O2/c1-13(10-19-2)9-14(18)17-8-4-6-15(12-17)5-3-7-16-11-15/h13,16H,3-12H2,1-2H3. The number of likely N-dealkylation sites (tertiary alicyclic amines) is 1. The molecule has 4 nitrogen and oxygen atoms in total. The van der Waals surface area contributed by atoms with Crippen LogP contribution in [0.4, 0.5) is 0 Å². The van der Waals surface area contributed by atoms with Gasteiger partial charge in [0.2, 0.25) is 5.91 Å². The maximum Gasteiger partial charge on any atom is 0.222 e. The molecule has 0 aliphatic carbocycles. The second kappa shape index (κ2) is 6.71. The fourth-order valence-electron chi connectivity index (χ4n) is 3.57. The summed E-state index contributed by atoms with van der Waals surface area (Å²) >= 11 is 0. The Balaban J connectivity index is 1.87. The summed E-state index contributed by atoms with van der Waals surface area (Å²) in [5, 5.41) is 3.51. The number of nitrogens with zero attached hydrogens (tertiary/aromatic N) is 1. The van der Waals surface area contributed by atoms with Crippen LogP contribution in [-0.2, 0) is 9.53 Å². The fraction of sp³-hybridized carbons (Fsp3) is 0.933. The molecule has 19 heavy (non-hydrogen) atoms. The summed E-state index contributed by atoms with van der Waals surface area (Å²) in [7, 11) is 1.70. The van der Waals surface area contributed by atoms with Crippen LogP contribution >= 0.6 is 0 Å². The maximum absolute atomic E-state index is 12.4. The van der Waals surface area contributed by atoms with Crippen molar-refractivity contribution in [2.45, 2.75) is 39.0 Å². The molecule has 1 spiro atoms. The molecule has 0 aromatic rings. The SMILES string of the molecule is COCC(C)CC(=O)N1CCCC2(CCCNC2)C1. The highest BCUT2D eigenvalue weighted by Crippen LogP contribution is 2.36. The van der Waals surface area contributed by atoms with E-state index >= 15 is 0 Å². The van der Waals surface area contributed by atoms with E-state index in [2.05, 4.69) is 17.1 Å². The molecule has 1 N–H and O–H groups in total. The first-order chi connectivity index (χ1) is 9.15. The second-order valence-corrected chi connectivity index (χ2v) is 6.46. The highest BCUT2D eigenvalue weighted by Gasteiger charge is 2.37. The smallest absolute Gasteiger partial charge is 0.222 e. The molecule has 2 rings (SSSR count). The first-order valence-electron chi connectivity index (χ1n) is 7.63. The van der Waals surface area contributed by atoms with Crippen LogP contribution in [0.15, 0.2) is 0 Å². The first kappa shape index (κ1) is 14.8. The predicted octanol–water partition coefficient (Wildman–Crippen LogP) is 1.65. The Morgan fingerprint density at radius 3 is 2.89 bits per heavy atom. The largest absolute Gasteiger partial charge is 0.384 e. The van der Waals surface area contributed by atoms with Gasteiger partial charge in [0.1, 0.15) is 0 Å². The minimum absolute atomic E-state index is 0.314. The molecule has 2 unspecified atom stereocenters. The number of carbonyl (C=O) groups is 1. The molecule has 4 heteroatoms. The van der Waals surface area contributed by atoms with Crippen molar-refractivity contribution in [1.82, 2.24) is 10.2 Å². The predicted molar refractivity (Wildman–Crippen MR) is 76.0 cm³/mol. The van der Waals surface area contributed by atoms with Crippen molar-refractivity contribution in [2.75, 3.05) is 39.9 Å². The van der Waals surface area contributed by atoms with Gasteiger partial charge in [0.25, 0.3) is 0 Å². The van der Waals surface area contributed by atoms with Gasteiger partial charge in [-0.05, 0) is 38.1 Å². The molecule has 2 saturated heterocycles. The van der Waals surface area contributed by atoms with Gasteiger partial charge in [0.15, 0.2) is 0 Å². The van der Waals surface area contributed by atoms with Gasteiger partial charge >= 0.3 is 0 Å². The molecular formula is C15H28N2O2. The third-order valence-corrected chi connectivity index (χ3v) is 4.55. The van der Waals surface area contributed by atoms with Crippen molar-refractivity contribution >= 4 is 5.91 Å². The molecule has 1 amide bonds. The lowest BCUT2D eigenvalue weighted by molar-refractivity contribution is -0.136. The van der Waals surface area contributed by atoms with Crippen LogP contribution in [0.25, 0.3) is 0 Å². The van der Waals surface area contributed by atoms with Gasteiger partial charge in [0.05, 0.1) is 0 Å². The number of nitrogens with one attached hydrogen (secondary N) is 1. The quantitative estimate of drug-likeness (QED) is 0.843. The molecule has 0 saturated carbocycles. The average molecular weight is 268 g/mol. The molecule has 2 atom stereocenters. The van der Waals surface area contributed by atoms with Crippen LogP contribution in [0.1, 0.15) is 39.0 Å². The van der Waals surface area contributed by atoms with E-state index in [-0.39, 0.29) is 0 Å². The topological polar surface area (TPSA) is 41.6 Å². The Labute approximate surface area is 116 Å². The normalized spacial score (nSPS) is 29.5. The third kappa shape index (κ3) is 3.93. The number of ether oxygens (including phenoxy) is 1. The number of piperidine rings is 2. The molecule has 0 aromatic carbocycles. The summed E-state index contributed by atoms with van der Waals surface area (Å²) in [5.74, 6) is 0.633. The van der Waals surface area contributed by atoms with E-state index in [1.807, 2.05) is 0 Å². The fourth-order valence-corrected chi connectivity index (χ4v) is 3.57. The van der Waals surface area contributed by atoms with Crippen molar-refractivity contribution < 1.29 is 9.53 Å². The highest BCUT2D eigenvalue weighted by molar-refractivity contribution is 5.76. The minimum atomic E-state index is 0.314. The monoisotopic (exact) mass is 268 g/mol. The van der Waals surface area contributed by atoms with E-state index < -0.39 is 0 Å². The van der Waals surface area contributed by atoms with Crippen LogP contribution < -0.4 is 5.32 Å². The van der Waals surface area contributed by atoms with E-state index in [1.54, 1.807) is 7.11 Å². The summed E-state index contributed by atoms with van der Waals surface area (Å²) in [4.78, 5) is 14.5. The Morgan fingerprint density at radius 1 is 1.42 bits per heavy atom. The number of hydrogen-bond donors (Lipinski definition) is 1. The van der Waals surface area contributed by atoms with Gasteiger partial charge < -0.3 is 15.0 Å². The van der Waals surface area contributed by atoms with Gasteiger partial charge in [-0.15, -0.1) is 0 Å².